The number of aryl methyl sites for hydroxylation is 1. The molecule has 172 valence electrons. The summed E-state index contributed by atoms with van der Waals surface area (Å²) in [5.41, 5.74) is 3.85. The van der Waals surface area contributed by atoms with Crippen molar-refractivity contribution >= 4 is 34.4 Å². The molecule has 1 amide bonds. The van der Waals surface area contributed by atoms with Crippen LogP contribution in [0.15, 0.2) is 82.8 Å². The minimum atomic E-state index is -0.429. The first-order valence-corrected chi connectivity index (χ1v) is 12.1. The Kier molecular flexibility index (Phi) is 6.36. The number of thioether (sulfide) groups is 1. The lowest BCUT2D eigenvalue weighted by Gasteiger charge is -2.31. The van der Waals surface area contributed by atoms with Gasteiger partial charge in [0.15, 0.2) is 16.7 Å². The van der Waals surface area contributed by atoms with E-state index in [1.54, 1.807) is 26.0 Å². The van der Waals surface area contributed by atoms with Crippen LogP contribution in [-0.2, 0) is 17.6 Å². The summed E-state index contributed by atoms with van der Waals surface area (Å²) in [6.07, 6.45) is 1.47. The highest BCUT2D eigenvalue weighted by atomic mass is 32.2. The van der Waals surface area contributed by atoms with E-state index in [1.807, 2.05) is 65.6 Å². The molecule has 0 saturated heterocycles. The van der Waals surface area contributed by atoms with Gasteiger partial charge < -0.3 is 9.47 Å². The summed E-state index contributed by atoms with van der Waals surface area (Å²) in [5, 5.41) is 0.779. The molecule has 0 radical (unpaired) electrons. The fourth-order valence-corrected chi connectivity index (χ4v) is 5.26. The Bertz CT molecular complexity index is 1260. The van der Waals surface area contributed by atoms with Crippen molar-refractivity contribution in [2.24, 2.45) is 9.98 Å². The molecule has 34 heavy (non-hydrogen) atoms. The lowest BCUT2D eigenvalue weighted by atomic mass is 10.0. The Morgan fingerprint density at radius 1 is 0.882 bits per heavy atom. The van der Waals surface area contributed by atoms with E-state index in [9.17, 15) is 4.79 Å². The summed E-state index contributed by atoms with van der Waals surface area (Å²) in [6, 6.07) is 23.7. The molecule has 0 N–H and O–H groups in total. The molecular weight excluding hydrogens is 446 g/mol. The normalized spacial score (nSPS) is 16.5. The molecule has 2 heterocycles. The summed E-state index contributed by atoms with van der Waals surface area (Å²) in [6.45, 7) is 0. The minimum absolute atomic E-state index is 0.155. The molecule has 7 heteroatoms. The lowest BCUT2D eigenvalue weighted by molar-refractivity contribution is -0.119. The molecule has 1 unspecified atom stereocenters. The second kappa shape index (κ2) is 9.73. The van der Waals surface area contributed by atoms with Crippen molar-refractivity contribution in [2.45, 2.75) is 18.9 Å². The average Bonchev–Trinajstić information content (AvgIpc) is 3.20. The van der Waals surface area contributed by atoms with Gasteiger partial charge in [-0.2, -0.15) is 4.99 Å². The Labute approximate surface area is 203 Å². The standard InChI is InChI=1S/C27H25N3O3S/c1-32-23-16-20-21(17-24(23)33-2)28-27(34-14-13-18-9-5-3-6-10-18)30-22(26(31)29-25(20)30)15-19-11-7-4-8-12-19/h3-12,16-17,22H,13-15H2,1-2H3. The number of hydrogen-bond acceptors (Lipinski definition) is 6. The van der Waals surface area contributed by atoms with Crippen LogP contribution in [0, 0.1) is 0 Å². The SMILES string of the molecule is COc1cc2c(cc1OC)C1=NC(=O)C(Cc3ccccc3)N1C(SCCc1ccccc1)=N2. The van der Waals surface area contributed by atoms with Gasteiger partial charge in [-0.15, -0.1) is 0 Å². The van der Waals surface area contributed by atoms with Gasteiger partial charge in [0.1, 0.15) is 11.9 Å². The predicted octanol–water partition coefficient (Wildman–Crippen LogP) is 4.88. The smallest absolute Gasteiger partial charge is 0.271 e. The molecule has 0 spiro atoms. The molecule has 5 rings (SSSR count). The summed E-state index contributed by atoms with van der Waals surface area (Å²) in [7, 11) is 3.20. The highest BCUT2D eigenvalue weighted by Gasteiger charge is 2.42. The first kappa shape index (κ1) is 22.2. The van der Waals surface area contributed by atoms with E-state index < -0.39 is 6.04 Å². The van der Waals surface area contributed by atoms with Crippen LogP contribution in [0.3, 0.4) is 0 Å². The Morgan fingerprint density at radius 2 is 1.53 bits per heavy atom. The molecule has 0 bridgehead atoms. The van der Waals surface area contributed by atoms with Gasteiger partial charge in [0.05, 0.1) is 19.9 Å². The fourth-order valence-electron chi connectivity index (χ4n) is 4.22. The van der Waals surface area contributed by atoms with Crippen LogP contribution in [-0.4, -0.2) is 47.8 Å². The topological polar surface area (TPSA) is 63.5 Å². The number of hydrogen-bond donors (Lipinski definition) is 0. The van der Waals surface area contributed by atoms with Gasteiger partial charge in [-0.1, -0.05) is 72.4 Å². The van der Waals surface area contributed by atoms with Crippen molar-refractivity contribution in [3.05, 3.63) is 89.5 Å². The van der Waals surface area contributed by atoms with Crippen LogP contribution in [0.5, 0.6) is 11.5 Å². The molecular formula is C27H25N3O3S. The third kappa shape index (κ3) is 4.31. The maximum atomic E-state index is 13.1. The third-order valence-corrected chi connectivity index (χ3v) is 6.90. The van der Waals surface area contributed by atoms with Gasteiger partial charge in [-0.3, -0.25) is 9.69 Å². The van der Waals surface area contributed by atoms with Crippen LogP contribution >= 0.6 is 11.8 Å². The fraction of sp³-hybridized carbons (Fsp3) is 0.222. The molecule has 0 fully saturated rings. The number of nitrogens with zero attached hydrogens (tertiary/aromatic N) is 3. The van der Waals surface area contributed by atoms with E-state index in [1.165, 1.54) is 5.56 Å². The number of rotatable bonds is 7. The average molecular weight is 472 g/mol. The van der Waals surface area contributed by atoms with E-state index in [0.29, 0.717) is 23.8 Å². The molecule has 0 aliphatic carbocycles. The van der Waals surface area contributed by atoms with Crippen LogP contribution in [0.1, 0.15) is 16.7 Å². The van der Waals surface area contributed by atoms with E-state index in [2.05, 4.69) is 17.1 Å². The van der Waals surface area contributed by atoms with Crippen LogP contribution < -0.4 is 9.47 Å². The Hall–Kier alpha value is -3.58. The molecule has 2 aliphatic heterocycles. The maximum Gasteiger partial charge on any atom is 0.271 e. The van der Waals surface area contributed by atoms with Gasteiger partial charge >= 0.3 is 0 Å². The zero-order valence-electron chi connectivity index (χ0n) is 19.1. The van der Waals surface area contributed by atoms with E-state index in [0.717, 1.165) is 34.2 Å². The molecule has 6 nitrogen and oxygen atoms in total. The summed E-state index contributed by atoms with van der Waals surface area (Å²) >= 11 is 1.64. The van der Waals surface area contributed by atoms with Gasteiger partial charge in [0.25, 0.3) is 5.91 Å². The predicted molar refractivity (Wildman–Crippen MR) is 137 cm³/mol. The van der Waals surface area contributed by atoms with E-state index >= 15 is 0 Å². The number of methoxy groups -OCH3 is 2. The molecule has 3 aromatic rings. The summed E-state index contributed by atoms with van der Waals surface area (Å²) in [4.78, 5) is 24.6. The van der Waals surface area contributed by atoms with E-state index in [-0.39, 0.29) is 5.91 Å². The minimum Gasteiger partial charge on any atom is -0.493 e. The maximum absolute atomic E-state index is 13.1. The van der Waals surface area contributed by atoms with Crippen LogP contribution in [0.2, 0.25) is 0 Å². The first-order valence-electron chi connectivity index (χ1n) is 11.2. The Balaban J connectivity index is 1.50. The number of benzene rings is 3. The highest BCUT2D eigenvalue weighted by Crippen LogP contribution is 2.41. The van der Waals surface area contributed by atoms with Crippen molar-refractivity contribution in [1.29, 1.82) is 0 Å². The largest absolute Gasteiger partial charge is 0.493 e. The Morgan fingerprint density at radius 3 is 2.21 bits per heavy atom. The third-order valence-electron chi connectivity index (χ3n) is 5.94. The molecule has 0 aromatic heterocycles. The number of ether oxygens (including phenoxy) is 2. The van der Waals surface area contributed by atoms with Crippen LogP contribution in [0.4, 0.5) is 5.69 Å². The van der Waals surface area contributed by atoms with Gasteiger partial charge in [0.2, 0.25) is 0 Å². The molecule has 0 saturated carbocycles. The van der Waals surface area contributed by atoms with Gasteiger partial charge in [-0.25, -0.2) is 4.99 Å². The van der Waals surface area contributed by atoms with Crippen molar-refractivity contribution in [3.63, 3.8) is 0 Å². The second-order valence-electron chi connectivity index (χ2n) is 8.05. The van der Waals surface area contributed by atoms with Crippen molar-refractivity contribution in [1.82, 2.24) is 4.90 Å². The molecule has 3 aromatic carbocycles. The number of aliphatic imine (C=N–C) groups is 2. The highest BCUT2D eigenvalue weighted by molar-refractivity contribution is 8.13. The summed E-state index contributed by atoms with van der Waals surface area (Å²) < 4.78 is 11.0. The van der Waals surface area contributed by atoms with Crippen molar-refractivity contribution in [2.75, 3.05) is 20.0 Å². The number of amidine groups is 2. The number of carbonyl (C=O) groups is 1. The number of amides is 1. The monoisotopic (exact) mass is 471 g/mol. The zero-order chi connectivity index (χ0) is 23.5. The van der Waals surface area contributed by atoms with Crippen molar-refractivity contribution < 1.29 is 14.3 Å². The number of fused-ring (bicyclic) bond motifs is 3. The molecule has 2 aliphatic rings. The van der Waals surface area contributed by atoms with Crippen molar-refractivity contribution in [3.8, 4) is 11.5 Å². The van der Waals surface area contributed by atoms with E-state index in [4.69, 9.17) is 14.5 Å². The lowest BCUT2D eigenvalue weighted by Crippen LogP contribution is -2.44. The second-order valence-corrected chi connectivity index (χ2v) is 9.11. The summed E-state index contributed by atoms with van der Waals surface area (Å²) in [5.74, 6) is 2.48. The van der Waals surface area contributed by atoms with Crippen LogP contribution in [0.25, 0.3) is 0 Å². The van der Waals surface area contributed by atoms with Gasteiger partial charge in [-0.05, 0) is 23.6 Å². The quantitative estimate of drug-likeness (QED) is 0.491. The zero-order valence-corrected chi connectivity index (χ0v) is 19.9. The number of carbonyl (C=O) groups excluding carboxylic acids is 1. The first-order chi connectivity index (χ1) is 16.7. The molecule has 1 atom stereocenters. The van der Waals surface area contributed by atoms with Gasteiger partial charge in [0, 0.05) is 23.8 Å².